The van der Waals surface area contributed by atoms with Gasteiger partial charge in [-0.2, -0.15) is 5.10 Å². The highest BCUT2D eigenvalue weighted by molar-refractivity contribution is 5.06. The molecule has 2 rings (SSSR count). The monoisotopic (exact) mass is 193 g/mol. The van der Waals surface area contributed by atoms with Crippen LogP contribution in [0.4, 0.5) is 0 Å². The lowest BCUT2D eigenvalue weighted by Crippen LogP contribution is -2.24. The van der Waals surface area contributed by atoms with Gasteiger partial charge < -0.3 is 4.90 Å². The van der Waals surface area contributed by atoms with Gasteiger partial charge in [0, 0.05) is 12.2 Å². The largest absolute Gasteiger partial charge is 0.301 e. The zero-order valence-electron chi connectivity index (χ0n) is 9.16. The minimum atomic E-state index is 1.04. The highest BCUT2D eigenvalue weighted by Gasteiger charge is 2.11. The molecule has 2 heterocycles. The number of rotatable bonds is 3. The average Bonchev–Trinajstić information content (AvgIpc) is 2.72. The first-order valence-electron chi connectivity index (χ1n) is 5.49. The van der Waals surface area contributed by atoms with Crippen LogP contribution in [-0.4, -0.2) is 34.3 Å². The highest BCUT2D eigenvalue weighted by atomic mass is 15.3. The van der Waals surface area contributed by atoms with Crippen LogP contribution in [0.3, 0.4) is 0 Å². The van der Waals surface area contributed by atoms with Gasteiger partial charge in [-0.25, -0.2) is 0 Å². The van der Waals surface area contributed by atoms with E-state index in [1.54, 1.807) is 0 Å². The molecule has 0 bridgehead atoms. The van der Waals surface area contributed by atoms with Crippen molar-refractivity contribution in [3.63, 3.8) is 0 Å². The normalized spacial score (nSPS) is 17.9. The second kappa shape index (κ2) is 4.13. The van der Waals surface area contributed by atoms with Crippen LogP contribution in [0.15, 0.2) is 6.07 Å². The molecular formula is C11H19N3. The summed E-state index contributed by atoms with van der Waals surface area (Å²) in [5.74, 6) is 0. The molecule has 0 atom stereocenters. The van der Waals surface area contributed by atoms with E-state index in [0.717, 1.165) is 18.8 Å². The number of likely N-dealkylation sites (tertiary alicyclic amines) is 1. The van der Waals surface area contributed by atoms with Crippen LogP contribution in [-0.2, 0) is 6.54 Å². The summed E-state index contributed by atoms with van der Waals surface area (Å²) in [6.07, 6.45) is 2.74. The van der Waals surface area contributed by atoms with E-state index >= 15 is 0 Å². The molecular weight excluding hydrogens is 174 g/mol. The Morgan fingerprint density at radius 3 is 2.50 bits per heavy atom. The molecule has 0 aliphatic carbocycles. The molecule has 0 amide bonds. The summed E-state index contributed by atoms with van der Waals surface area (Å²) in [7, 11) is 0. The van der Waals surface area contributed by atoms with Gasteiger partial charge in [0.1, 0.15) is 0 Å². The topological polar surface area (TPSA) is 21.1 Å². The van der Waals surface area contributed by atoms with Gasteiger partial charge in [-0.15, -0.1) is 0 Å². The Balaban J connectivity index is 1.87. The molecule has 78 valence electrons. The van der Waals surface area contributed by atoms with Gasteiger partial charge in [-0.05, 0) is 45.8 Å². The Bertz CT molecular complexity index is 297. The molecule has 0 N–H and O–H groups in total. The number of nitrogens with zero attached hydrogens (tertiary/aromatic N) is 3. The van der Waals surface area contributed by atoms with Crippen molar-refractivity contribution in [2.45, 2.75) is 33.2 Å². The lowest BCUT2D eigenvalue weighted by atomic mass is 10.4. The van der Waals surface area contributed by atoms with Crippen LogP contribution >= 0.6 is 0 Å². The quantitative estimate of drug-likeness (QED) is 0.727. The van der Waals surface area contributed by atoms with Crippen LogP contribution < -0.4 is 0 Å². The fourth-order valence-electron chi connectivity index (χ4n) is 2.14. The SMILES string of the molecule is Cc1cc(C)n(CCN2CCCC2)n1. The van der Waals surface area contributed by atoms with Crippen LogP contribution in [0.5, 0.6) is 0 Å². The molecule has 1 aliphatic heterocycles. The maximum absolute atomic E-state index is 4.46. The summed E-state index contributed by atoms with van der Waals surface area (Å²) in [5.41, 5.74) is 2.41. The maximum Gasteiger partial charge on any atom is 0.0596 e. The van der Waals surface area contributed by atoms with Crippen molar-refractivity contribution in [2.24, 2.45) is 0 Å². The molecule has 0 radical (unpaired) electrons. The van der Waals surface area contributed by atoms with E-state index in [-0.39, 0.29) is 0 Å². The summed E-state index contributed by atoms with van der Waals surface area (Å²) in [6.45, 7) is 8.93. The van der Waals surface area contributed by atoms with Crippen molar-refractivity contribution in [1.82, 2.24) is 14.7 Å². The smallest absolute Gasteiger partial charge is 0.0596 e. The van der Waals surface area contributed by atoms with E-state index in [2.05, 4.69) is 34.6 Å². The zero-order valence-corrected chi connectivity index (χ0v) is 9.16. The van der Waals surface area contributed by atoms with E-state index < -0.39 is 0 Å². The Morgan fingerprint density at radius 1 is 1.21 bits per heavy atom. The van der Waals surface area contributed by atoms with Crippen LogP contribution in [0.2, 0.25) is 0 Å². The van der Waals surface area contributed by atoms with Crippen molar-refractivity contribution >= 4 is 0 Å². The van der Waals surface area contributed by atoms with Gasteiger partial charge >= 0.3 is 0 Å². The third-order valence-electron chi connectivity index (χ3n) is 2.93. The minimum absolute atomic E-state index is 1.04. The predicted octanol–water partition coefficient (Wildman–Crippen LogP) is 1.60. The summed E-state index contributed by atoms with van der Waals surface area (Å²) < 4.78 is 2.12. The Labute approximate surface area is 85.7 Å². The molecule has 3 nitrogen and oxygen atoms in total. The second-order valence-corrected chi connectivity index (χ2v) is 4.20. The van der Waals surface area contributed by atoms with Crippen LogP contribution in [0.25, 0.3) is 0 Å². The molecule has 0 unspecified atom stereocenters. The third kappa shape index (κ3) is 2.15. The van der Waals surface area contributed by atoms with Crippen molar-refractivity contribution in [2.75, 3.05) is 19.6 Å². The van der Waals surface area contributed by atoms with E-state index in [1.165, 1.54) is 31.6 Å². The molecule has 1 aromatic heterocycles. The zero-order chi connectivity index (χ0) is 9.97. The first kappa shape index (κ1) is 9.71. The lowest BCUT2D eigenvalue weighted by molar-refractivity contribution is 0.314. The molecule has 1 aliphatic rings. The molecule has 0 spiro atoms. The van der Waals surface area contributed by atoms with E-state index in [4.69, 9.17) is 0 Å². The van der Waals surface area contributed by atoms with Crippen molar-refractivity contribution in [1.29, 1.82) is 0 Å². The van der Waals surface area contributed by atoms with Crippen molar-refractivity contribution < 1.29 is 0 Å². The summed E-state index contributed by atoms with van der Waals surface area (Å²) in [5, 5.41) is 4.46. The van der Waals surface area contributed by atoms with Crippen LogP contribution in [0, 0.1) is 13.8 Å². The number of aromatic nitrogens is 2. The number of aryl methyl sites for hydroxylation is 2. The molecule has 1 saturated heterocycles. The fourth-order valence-corrected chi connectivity index (χ4v) is 2.14. The molecule has 1 fully saturated rings. The maximum atomic E-state index is 4.46. The van der Waals surface area contributed by atoms with Gasteiger partial charge in [0.2, 0.25) is 0 Å². The standard InChI is InChI=1S/C11H19N3/c1-10-9-11(2)14(12-10)8-7-13-5-3-4-6-13/h9H,3-8H2,1-2H3. The van der Waals surface area contributed by atoms with E-state index in [0.29, 0.717) is 0 Å². The van der Waals surface area contributed by atoms with Crippen molar-refractivity contribution in [3.05, 3.63) is 17.5 Å². The summed E-state index contributed by atoms with van der Waals surface area (Å²) in [6, 6.07) is 2.14. The molecule has 14 heavy (non-hydrogen) atoms. The third-order valence-corrected chi connectivity index (χ3v) is 2.93. The van der Waals surface area contributed by atoms with E-state index in [9.17, 15) is 0 Å². The van der Waals surface area contributed by atoms with Gasteiger partial charge in [-0.1, -0.05) is 0 Å². The second-order valence-electron chi connectivity index (χ2n) is 4.20. The van der Waals surface area contributed by atoms with E-state index in [1.807, 2.05) is 0 Å². The minimum Gasteiger partial charge on any atom is -0.301 e. The fraction of sp³-hybridized carbons (Fsp3) is 0.727. The molecule has 3 heteroatoms. The first-order chi connectivity index (χ1) is 6.75. The number of hydrogen-bond acceptors (Lipinski definition) is 2. The summed E-state index contributed by atoms with van der Waals surface area (Å²) in [4.78, 5) is 2.52. The molecule has 0 aromatic carbocycles. The van der Waals surface area contributed by atoms with Gasteiger partial charge in [0.25, 0.3) is 0 Å². The van der Waals surface area contributed by atoms with Gasteiger partial charge in [0.15, 0.2) is 0 Å². The van der Waals surface area contributed by atoms with Gasteiger partial charge in [-0.3, -0.25) is 4.68 Å². The predicted molar refractivity (Wildman–Crippen MR) is 57.4 cm³/mol. The summed E-state index contributed by atoms with van der Waals surface area (Å²) >= 11 is 0. The average molecular weight is 193 g/mol. The Kier molecular flexibility index (Phi) is 2.87. The van der Waals surface area contributed by atoms with Gasteiger partial charge in [0.05, 0.1) is 12.2 Å². The molecule has 1 aromatic rings. The Hall–Kier alpha value is -0.830. The number of hydrogen-bond donors (Lipinski definition) is 0. The Morgan fingerprint density at radius 2 is 1.93 bits per heavy atom. The lowest BCUT2D eigenvalue weighted by Gasteiger charge is -2.14. The highest BCUT2D eigenvalue weighted by Crippen LogP contribution is 2.08. The van der Waals surface area contributed by atoms with Crippen molar-refractivity contribution in [3.8, 4) is 0 Å². The molecule has 0 saturated carbocycles. The van der Waals surface area contributed by atoms with Crippen LogP contribution in [0.1, 0.15) is 24.2 Å². The first-order valence-corrected chi connectivity index (χ1v) is 5.49.